The van der Waals surface area contributed by atoms with Gasteiger partial charge in [-0.1, -0.05) is 0 Å². The van der Waals surface area contributed by atoms with E-state index in [1.807, 2.05) is 13.8 Å². The summed E-state index contributed by atoms with van der Waals surface area (Å²) < 4.78 is 5.20. The third kappa shape index (κ3) is 0.719. The first-order chi connectivity index (χ1) is 3.69. The highest BCUT2D eigenvalue weighted by atomic mass is 16.6. The molecule has 0 aromatic rings. The van der Waals surface area contributed by atoms with Crippen LogP contribution >= 0.6 is 0 Å². The van der Waals surface area contributed by atoms with Crippen molar-refractivity contribution in [1.29, 1.82) is 0 Å². The fraction of sp³-hybridized carbons (Fsp3) is 0.714. The van der Waals surface area contributed by atoms with E-state index in [0.29, 0.717) is 6.10 Å². The van der Waals surface area contributed by atoms with E-state index < -0.39 is 0 Å². The maximum atomic E-state index is 5.20. The van der Waals surface area contributed by atoms with Crippen molar-refractivity contribution in [3.05, 3.63) is 0 Å². The molecule has 1 saturated heterocycles. The highest BCUT2D eigenvalue weighted by molar-refractivity contribution is 5.05. The Hall–Kier alpha value is -0.480. The summed E-state index contributed by atoms with van der Waals surface area (Å²) in [5, 5.41) is 0. The molecular formula is C7H10O. The monoisotopic (exact) mass is 110 g/mol. The molecule has 2 unspecified atom stereocenters. The van der Waals surface area contributed by atoms with E-state index in [9.17, 15) is 0 Å². The lowest BCUT2D eigenvalue weighted by molar-refractivity contribution is 0.316. The van der Waals surface area contributed by atoms with Gasteiger partial charge in [-0.05, 0) is 13.8 Å². The molecule has 0 aromatic heterocycles. The summed E-state index contributed by atoms with van der Waals surface area (Å²) in [5.41, 5.74) is 0.0226. The highest BCUT2D eigenvalue weighted by Gasteiger charge is 2.47. The number of hydrogen-bond donors (Lipinski definition) is 0. The lowest BCUT2D eigenvalue weighted by atomic mass is 10.1. The molecule has 0 bridgehead atoms. The fourth-order valence-corrected chi connectivity index (χ4v) is 0.758. The Kier molecular flexibility index (Phi) is 1.06. The Morgan fingerprint density at radius 1 is 1.88 bits per heavy atom. The van der Waals surface area contributed by atoms with E-state index in [1.54, 1.807) is 0 Å². The molecule has 0 spiro atoms. The summed E-state index contributed by atoms with van der Waals surface area (Å²) >= 11 is 0. The van der Waals surface area contributed by atoms with Crippen LogP contribution in [0.4, 0.5) is 0 Å². The zero-order chi connectivity index (χ0) is 6.20. The van der Waals surface area contributed by atoms with Gasteiger partial charge in [-0.3, -0.25) is 0 Å². The van der Waals surface area contributed by atoms with Crippen molar-refractivity contribution in [3.8, 4) is 12.3 Å². The molecule has 0 aromatic carbocycles. The van der Waals surface area contributed by atoms with E-state index >= 15 is 0 Å². The van der Waals surface area contributed by atoms with Gasteiger partial charge in [0, 0.05) is 6.42 Å². The van der Waals surface area contributed by atoms with Crippen LogP contribution in [0, 0.1) is 12.3 Å². The maximum Gasteiger partial charge on any atom is 0.103 e. The predicted molar refractivity (Wildman–Crippen MR) is 32.4 cm³/mol. The van der Waals surface area contributed by atoms with Crippen LogP contribution in [0.25, 0.3) is 0 Å². The summed E-state index contributed by atoms with van der Waals surface area (Å²) in [6.07, 6.45) is 6.20. The van der Waals surface area contributed by atoms with E-state index in [-0.39, 0.29) is 5.60 Å². The lowest BCUT2D eigenvalue weighted by Crippen LogP contribution is -2.05. The average molecular weight is 110 g/mol. The van der Waals surface area contributed by atoms with Gasteiger partial charge < -0.3 is 4.74 Å². The Labute approximate surface area is 50.0 Å². The average Bonchev–Trinajstić information content (AvgIpc) is 2.16. The maximum absolute atomic E-state index is 5.20. The number of epoxide rings is 1. The van der Waals surface area contributed by atoms with Crippen LogP contribution in [0.1, 0.15) is 20.3 Å². The largest absolute Gasteiger partial charge is 0.366 e. The van der Waals surface area contributed by atoms with E-state index in [0.717, 1.165) is 6.42 Å². The Morgan fingerprint density at radius 2 is 2.38 bits per heavy atom. The van der Waals surface area contributed by atoms with Gasteiger partial charge in [-0.15, -0.1) is 12.3 Å². The summed E-state index contributed by atoms with van der Waals surface area (Å²) in [7, 11) is 0. The van der Waals surface area contributed by atoms with Crippen molar-refractivity contribution in [2.75, 3.05) is 0 Å². The first-order valence-electron chi connectivity index (χ1n) is 2.80. The number of terminal acetylenes is 1. The molecule has 0 radical (unpaired) electrons. The standard InChI is InChI=1S/C7H10O/c1-4-5-7(3)6(2)8-7/h1,6H,5H2,2-3H3. The second-order valence-electron chi connectivity index (χ2n) is 2.45. The van der Waals surface area contributed by atoms with Crippen LogP contribution in [0.2, 0.25) is 0 Å². The Morgan fingerprint density at radius 3 is 2.50 bits per heavy atom. The molecule has 1 heteroatoms. The highest BCUT2D eigenvalue weighted by Crippen LogP contribution is 2.37. The van der Waals surface area contributed by atoms with Crippen LogP contribution in [-0.2, 0) is 4.74 Å². The van der Waals surface area contributed by atoms with Gasteiger partial charge in [0.2, 0.25) is 0 Å². The molecule has 2 atom stereocenters. The van der Waals surface area contributed by atoms with Gasteiger partial charge >= 0.3 is 0 Å². The molecule has 0 N–H and O–H groups in total. The zero-order valence-electron chi connectivity index (χ0n) is 5.27. The Balaban J connectivity index is 2.38. The second kappa shape index (κ2) is 1.50. The Bertz CT molecular complexity index is 134. The number of ether oxygens (including phenoxy) is 1. The van der Waals surface area contributed by atoms with Gasteiger partial charge in [0.25, 0.3) is 0 Å². The molecule has 1 heterocycles. The normalized spacial score (nSPS) is 43.4. The van der Waals surface area contributed by atoms with Crippen LogP contribution < -0.4 is 0 Å². The summed E-state index contributed by atoms with van der Waals surface area (Å²) in [6.45, 7) is 4.08. The van der Waals surface area contributed by atoms with Gasteiger partial charge in [0.15, 0.2) is 0 Å². The molecular weight excluding hydrogens is 100 g/mol. The van der Waals surface area contributed by atoms with Gasteiger partial charge in [-0.2, -0.15) is 0 Å². The molecule has 44 valence electrons. The van der Waals surface area contributed by atoms with Crippen molar-refractivity contribution >= 4 is 0 Å². The van der Waals surface area contributed by atoms with Crippen molar-refractivity contribution in [2.24, 2.45) is 0 Å². The van der Waals surface area contributed by atoms with Crippen molar-refractivity contribution in [3.63, 3.8) is 0 Å². The number of rotatable bonds is 1. The van der Waals surface area contributed by atoms with E-state index in [1.165, 1.54) is 0 Å². The topological polar surface area (TPSA) is 12.5 Å². The summed E-state index contributed by atoms with van der Waals surface area (Å²) in [6, 6.07) is 0. The van der Waals surface area contributed by atoms with Crippen LogP contribution in [0.15, 0.2) is 0 Å². The van der Waals surface area contributed by atoms with Crippen LogP contribution in [-0.4, -0.2) is 11.7 Å². The third-order valence-electron chi connectivity index (χ3n) is 1.70. The van der Waals surface area contributed by atoms with E-state index in [4.69, 9.17) is 11.2 Å². The molecule has 1 nitrogen and oxygen atoms in total. The summed E-state index contributed by atoms with van der Waals surface area (Å²) in [5.74, 6) is 2.58. The predicted octanol–water partition coefficient (Wildman–Crippen LogP) is 1.19. The van der Waals surface area contributed by atoms with Crippen molar-refractivity contribution < 1.29 is 4.74 Å². The minimum Gasteiger partial charge on any atom is -0.366 e. The van der Waals surface area contributed by atoms with Gasteiger partial charge in [0.05, 0.1) is 6.10 Å². The molecule has 0 aliphatic carbocycles. The SMILES string of the molecule is C#CCC1(C)OC1C. The van der Waals surface area contributed by atoms with Gasteiger partial charge in [0.1, 0.15) is 5.60 Å². The zero-order valence-corrected chi connectivity index (χ0v) is 5.27. The second-order valence-corrected chi connectivity index (χ2v) is 2.45. The lowest BCUT2D eigenvalue weighted by Gasteiger charge is -1.94. The summed E-state index contributed by atoms with van der Waals surface area (Å²) in [4.78, 5) is 0. The van der Waals surface area contributed by atoms with Crippen molar-refractivity contribution in [2.45, 2.75) is 32.0 Å². The quantitative estimate of drug-likeness (QED) is 0.365. The first kappa shape index (κ1) is 5.65. The van der Waals surface area contributed by atoms with Crippen molar-refractivity contribution in [1.82, 2.24) is 0 Å². The molecule has 1 aliphatic heterocycles. The molecule has 1 fully saturated rings. The molecule has 1 aliphatic rings. The minimum absolute atomic E-state index is 0.0226. The van der Waals surface area contributed by atoms with Crippen LogP contribution in [0.5, 0.6) is 0 Å². The molecule has 0 saturated carbocycles. The van der Waals surface area contributed by atoms with E-state index in [2.05, 4.69) is 5.92 Å². The fourth-order valence-electron chi connectivity index (χ4n) is 0.758. The molecule has 0 amide bonds. The first-order valence-corrected chi connectivity index (χ1v) is 2.80. The third-order valence-corrected chi connectivity index (χ3v) is 1.70. The molecule has 8 heavy (non-hydrogen) atoms. The smallest absolute Gasteiger partial charge is 0.103 e. The van der Waals surface area contributed by atoms with Crippen LogP contribution in [0.3, 0.4) is 0 Å². The van der Waals surface area contributed by atoms with Gasteiger partial charge in [-0.25, -0.2) is 0 Å². The molecule has 1 rings (SSSR count). The minimum atomic E-state index is 0.0226. The number of hydrogen-bond acceptors (Lipinski definition) is 1.